The highest BCUT2D eigenvalue weighted by molar-refractivity contribution is 5.96. The van der Waals surface area contributed by atoms with E-state index in [-0.39, 0.29) is 17.7 Å². The van der Waals surface area contributed by atoms with Crippen LogP contribution in [0, 0.1) is 17.8 Å². The molecule has 1 aromatic heterocycles. The van der Waals surface area contributed by atoms with E-state index in [1.54, 1.807) is 17.1 Å². The van der Waals surface area contributed by atoms with Crippen LogP contribution < -0.4 is 0 Å². The molecule has 2 aliphatic carbocycles. The van der Waals surface area contributed by atoms with Gasteiger partial charge in [0.15, 0.2) is 5.78 Å². The third-order valence-electron chi connectivity index (χ3n) is 5.80. The van der Waals surface area contributed by atoms with Crippen LogP contribution in [0.2, 0.25) is 0 Å². The van der Waals surface area contributed by atoms with E-state index in [1.165, 1.54) is 19.3 Å². The number of rotatable bonds is 4. The molecular formula is C17H23N3O2. The first kappa shape index (κ1) is 14.0. The summed E-state index contributed by atoms with van der Waals surface area (Å²) < 4.78 is 1.65. The first-order chi connectivity index (χ1) is 10.6. The largest absolute Gasteiger partial charge is 0.339 e. The Morgan fingerprint density at radius 3 is 2.68 bits per heavy atom. The minimum atomic E-state index is 0.0986. The van der Waals surface area contributed by atoms with Crippen molar-refractivity contribution in [3.8, 4) is 0 Å². The molecular weight excluding hydrogens is 278 g/mol. The number of aryl methyl sites for hydroxylation is 1. The number of Topliss-reactive ketones (excluding diaryl/α,β-unsaturated/α-hetero) is 1. The molecule has 3 atom stereocenters. The highest BCUT2D eigenvalue weighted by Crippen LogP contribution is 2.58. The third-order valence-corrected chi connectivity index (χ3v) is 5.80. The van der Waals surface area contributed by atoms with E-state index in [1.807, 2.05) is 11.9 Å². The maximum atomic E-state index is 12.8. The molecule has 2 saturated carbocycles. The summed E-state index contributed by atoms with van der Waals surface area (Å²) in [4.78, 5) is 27.1. The van der Waals surface area contributed by atoms with Gasteiger partial charge in [-0.05, 0) is 37.5 Å². The Hall–Kier alpha value is -1.65. The fourth-order valence-electron chi connectivity index (χ4n) is 4.61. The summed E-state index contributed by atoms with van der Waals surface area (Å²) in [6, 6.07) is 0.0986. The summed E-state index contributed by atoms with van der Waals surface area (Å²) in [5.41, 5.74) is 0.657. The van der Waals surface area contributed by atoms with Crippen molar-refractivity contribution in [1.29, 1.82) is 0 Å². The molecule has 2 heterocycles. The van der Waals surface area contributed by atoms with E-state index >= 15 is 0 Å². The Bertz CT molecular complexity index is 599. The first-order valence-electron chi connectivity index (χ1n) is 8.47. The number of aromatic nitrogens is 2. The molecule has 1 aromatic rings. The monoisotopic (exact) mass is 301 g/mol. The molecule has 1 amide bonds. The Morgan fingerprint density at radius 1 is 1.23 bits per heavy atom. The number of fused-ring (bicyclic) bond motifs is 1. The number of amides is 1. The van der Waals surface area contributed by atoms with Crippen molar-refractivity contribution >= 4 is 11.7 Å². The summed E-state index contributed by atoms with van der Waals surface area (Å²) in [5.74, 6) is 2.03. The highest BCUT2D eigenvalue weighted by Gasteiger charge is 2.58. The SMILES string of the molecule is Cn1cc(C(=O)C[C@@H]2CCCN2C(=O)C2[C@@H]3CCC[C@@H]23)cn1. The number of ketones is 1. The van der Waals surface area contributed by atoms with Crippen LogP contribution in [0.3, 0.4) is 0 Å². The van der Waals surface area contributed by atoms with Gasteiger partial charge in [0, 0.05) is 38.2 Å². The smallest absolute Gasteiger partial charge is 0.226 e. The van der Waals surface area contributed by atoms with Crippen LogP contribution in [-0.2, 0) is 11.8 Å². The lowest BCUT2D eigenvalue weighted by Gasteiger charge is -2.25. The Balaban J connectivity index is 1.41. The quantitative estimate of drug-likeness (QED) is 0.800. The van der Waals surface area contributed by atoms with Gasteiger partial charge in [-0.1, -0.05) is 6.42 Å². The molecule has 0 radical (unpaired) electrons. The van der Waals surface area contributed by atoms with E-state index in [4.69, 9.17) is 0 Å². The van der Waals surface area contributed by atoms with Crippen LogP contribution in [0.1, 0.15) is 48.9 Å². The molecule has 22 heavy (non-hydrogen) atoms. The molecule has 0 spiro atoms. The van der Waals surface area contributed by atoms with Crippen LogP contribution in [0.15, 0.2) is 12.4 Å². The average Bonchev–Trinajstić information content (AvgIpc) is 2.97. The van der Waals surface area contributed by atoms with Crippen LogP contribution >= 0.6 is 0 Å². The predicted octanol–water partition coefficient (Wildman–Crippen LogP) is 2.03. The fourth-order valence-corrected chi connectivity index (χ4v) is 4.61. The van der Waals surface area contributed by atoms with Gasteiger partial charge in [0.05, 0.1) is 11.8 Å². The molecule has 3 fully saturated rings. The molecule has 0 N–H and O–H groups in total. The van der Waals surface area contributed by atoms with E-state index in [0.717, 1.165) is 19.4 Å². The summed E-state index contributed by atoms with van der Waals surface area (Å²) in [6.07, 6.45) is 9.56. The number of carbonyl (C=O) groups excluding carboxylic acids is 2. The Kier molecular flexibility index (Phi) is 3.31. The lowest BCUT2D eigenvalue weighted by Crippen LogP contribution is -2.38. The molecule has 5 nitrogen and oxygen atoms in total. The summed E-state index contributed by atoms with van der Waals surface area (Å²) in [5, 5.41) is 4.06. The lowest BCUT2D eigenvalue weighted by molar-refractivity contribution is -0.134. The topological polar surface area (TPSA) is 55.2 Å². The van der Waals surface area contributed by atoms with Gasteiger partial charge in [0.2, 0.25) is 5.91 Å². The van der Waals surface area contributed by atoms with E-state index < -0.39 is 0 Å². The zero-order valence-corrected chi connectivity index (χ0v) is 13.1. The second kappa shape index (κ2) is 5.21. The lowest BCUT2D eigenvalue weighted by atomic mass is 10.0. The van der Waals surface area contributed by atoms with Gasteiger partial charge >= 0.3 is 0 Å². The number of hydrogen-bond donors (Lipinski definition) is 0. The maximum Gasteiger partial charge on any atom is 0.226 e. The van der Waals surface area contributed by atoms with E-state index in [2.05, 4.69) is 5.10 Å². The van der Waals surface area contributed by atoms with Gasteiger partial charge in [0.1, 0.15) is 0 Å². The summed E-state index contributed by atoms with van der Waals surface area (Å²) >= 11 is 0. The summed E-state index contributed by atoms with van der Waals surface area (Å²) in [6.45, 7) is 0.833. The predicted molar refractivity (Wildman–Crippen MR) is 81.2 cm³/mol. The number of carbonyl (C=O) groups is 2. The van der Waals surface area contributed by atoms with Crippen molar-refractivity contribution in [3.63, 3.8) is 0 Å². The van der Waals surface area contributed by atoms with Crippen molar-refractivity contribution in [1.82, 2.24) is 14.7 Å². The average molecular weight is 301 g/mol. The zero-order chi connectivity index (χ0) is 15.3. The van der Waals surface area contributed by atoms with Gasteiger partial charge in [-0.3, -0.25) is 14.3 Å². The van der Waals surface area contributed by atoms with Crippen LogP contribution in [0.4, 0.5) is 0 Å². The number of likely N-dealkylation sites (tertiary alicyclic amines) is 1. The molecule has 4 rings (SSSR count). The molecule has 118 valence electrons. The molecule has 5 heteroatoms. The third kappa shape index (κ3) is 2.27. The Labute approximate surface area is 130 Å². The van der Waals surface area contributed by atoms with E-state index in [9.17, 15) is 9.59 Å². The fraction of sp³-hybridized carbons (Fsp3) is 0.706. The number of hydrogen-bond acceptors (Lipinski definition) is 3. The second-order valence-corrected chi connectivity index (χ2v) is 7.14. The molecule has 1 aliphatic heterocycles. The summed E-state index contributed by atoms with van der Waals surface area (Å²) in [7, 11) is 1.81. The molecule has 1 saturated heterocycles. The first-order valence-corrected chi connectivity index (χ1v) is 8.47. The van der Waals surface area contributed by atoms with Crippen molar-refractivity contribution in [2.75, 3.05) is 6.54 Å². The Morgan fingerprint density at radius 2 is 2.00 bits per heavy atom. The van der Waals surface area contributed by atoms with Crippen LogP contribution in [0.5, 0.6) is 0 Å². The molecule has 0 unspecified atom stereocenters. The second-order valence-electron chi connectivity index (χ2n) is 7.14. The van der Waals surface area contributed by atoms with Crippen LogP contribution in [-0.4, -0.2) is 39.0 Å². The van der Waals surface area contributed by atoms with Crippen LogP contribution in [0.25, 0.3) is 0 Å². The maximum absolute atomic E-state index is 12.8. The highest BCUT2D eigenvalue weighted by atomic mass is 16.2. The van der Waals surface area contributed by atoms with Gasteiger partial charge < -0.3 is 4.90 Å². The van der Waals surface area contributed by atoms with Gasteiger partial charge in [0.25, 0.3) is 0 Å². The van der Waals surface area contributed by atoms with Gasteiger partial charge in [-0.15, -0.1) is 0 Å². The molecule has 0 aromatic carbocycles. The molecule has 0 bridgehead atoms. The molecule has 3 aliphatic rings. The standard InChI is InChI=1S/C17H23N3O2/c1-19-10-11(9-18-19)15(21)8-12-4-3-7-20(12)17(22)16-13-5-2-6-14(13)16/h9-10,12-14,16H,2-8H2,1H3/t12-,13+,14+/m0/s1. The normalized spacial score (nSPS) is 33.0. The van der Waals surface area contributed by atoms with Crippen molar-refractivity contribution < 1.29 is 9.59 Å². The van der Waals surface area contributed by atoms with Crippen molar-refractivity contribution in [3.05, 3.63) is 18.0 Å². The van der Waals surface area contributed by atoms with Crippen molar-refractivity contribution in [2.24, 2.45) is 24.8 Å². The van der Waals surface area contributed by atoms with Gasteiger partial charge in [-0.2, -0.15) is 5.10 Å². The minimum Gasteiger partial charge on any atom is -0.339 e. The van der Waals surface area contributed by atoms with E-state index in [0.29, 0.717) is 29.7 Å². The number of nitrogens with zero attached hydrogens (tertiary/aromatic N) is 3. The van der Waals surface area contributed by atoms with Crippen molar-refractivity contribution in [2.45, 2.75) is 44.6 Å². The van der Waals surface area contributed by atoms with Gasteiger partial charge in [-0.25, -0.2) is 0 Å². The zero-order valence-electron chi connectivity index (χ0n) is 13.1. The minimum absolute atomic E-state index is 0.0986.